The van der Waals surface area contributed by atoms with Gasteiger partial charge in [-0.1, -0.05) is 71.9 Å². The minimum Gasteiger partial charge on any atom is -0.457 e. The lowest BCUT2D eigenvalue weighted by molar-refractivity contribution is -0.288. The van der Waals surface area contributed by atoms with Gasteiger partial charge in [0.25, 0.3) is 11.8 Å². The van der Waals surface area contributed by atoms with Crippen LogP contribution in [0.5, 0.6) is 11.5 Å². The summed E-state index contributed by atoms with van der Waals surface area (Å²) in [6, 6.07) is 16.8. The Hall–Kier alpha value is -5.26. The number of carbonyl (C=O) groups is 4. The van der Waals surface area contributed by atoms with Crippen molar-refractivity contribution in [2.24, 2.45) is 11.3 Å². The highest BCUT2D eigenvalue weighted by atomic mass is 19.4. The number of ether oxygens (including phenoxy) is 1. The average molecular weight is 764 g/mol. The van der Waals surface area contributed by atoms with E-state index < -0.39 is 69.3 Å². The molecule has 1 aliphatic carbocycles. The summed E-state index contributed by atoms with van der Waals surface area (Å²) in [4.78, 5) is 54.2. The number of carbonyl (C=O) groups excluding carboxylic acids is 4. The number of amides is 2. The Kier molecular flexibility index (Phi) is 9.67. The van der Waals surface area contributed by atoms with Crippen LogP contribution in [0.25, 0.3) is 0 Å². The van der Waals surface area contributed by atoms with Gasteiger partial charge in [-0.2, -0.15) is 26.3 Å². The minimum absolute atomic E-state index is 0.0147. The molecule has 0 aromatic heterocycles. The second-order valence-electron chi connectivity index (χ2n) is 16.0. The largest absolute Gasteiger partial charge is 0.457 e. The first kappa shape index (κ1) is 39.4. The SMILES string of the molecule is CCC(C)(C)c1ccc(Oc2ccc(N3C(=O)c4ccc(C(c5ccc6c(c5)C(=O)[C@H](CCC(C)(C)C)C6=O)(C(F)(F)F)C(F)(F)F)cc4C3=O)cc2)cc1. The zero-order chi connectivity index (χ0) is 40.5. The zero-order valence-corrected chi connectivity index (χ0v) is 31.0. The van der Waals surface area contributed by atoms with E-state index in [1.807, 2.05) is 32.9 Å². The molecule has 55 heavy (non-hydrogen) atoms. The van der Waals surface area contributed by atoms with Gasteiger partial charge in [0.15, 0.2) is 11.6 Å². The van der Waals surface area contributed by atoms with Crippen molar-refractivity contribution in [1.29, 1.82) is 0 Å². The Morgan fingerprint density at radius 2 is 1.04 bits per heavy atom. The summed E-state index contributed by atoms with van der Waals surface area (Å²) in [7, 11) is 0. The highest BCUT2D eigenvalue weighted by Gasteiger charge is 2.73. The maximum atomic E-state index is 15.2. The third-order valence-electron chi connectivity index (χ3n) is 10.8. The first-order chi connectivity index (χ1) is 25.5. The molecule has 0 fully saturated rings. The van der Waals surface area contributed by atoms with Crippen molar-refractivity contribution in [3.05, 3.63) is 124 Å². The lowest BCUT2D eigenvalue weighted by atomic mass is 9.71. The van der Waals surface area contributed by atoms with E-state index in [1.54, 1.807) is 12.1 Å². The van der Waals surface area contributed by atoms with Crippen LogP contribution >= 0.6 is 0 Å². The van der Waals surface area contributed by atoms with Gasteiger partial charge >= 0.3 is 12.4 Å². The quantitative estimate of drug-likeness (QED) is 0.0963. The number of benzene rings is 4. The molecule has 12 heteroatoms. The van der Waals surface area contributed by atoms with Gasteiger partial charge in [0.05, 0.1) is 22.7 Å². The third kappa shape index (κ3) is 6.73. The summed E-state index contributed by atoms with van der Waals surface area (Å²) in [6.07, 6.45) is -10.7. The Balaban J connectivity index is 1.33. The van der Waals surface area contributed by atoms with Crippen molar-refractivity contribution in [1.82, 2.24) is 0 Å². The van der Waals surface area contributed by atoms with Crippen LogP contribution in [0.3, 0.4) is 0 Å². The second kappa shape index (κ2) is 13.5. The molecule has 0 unspecified atom stereocenters. The molecule has 0 radical (unpaired) electrons. The van der Waals surface area contributed by atoms with E-state index in [1.165, 1.54) is 24.3 Å². The molecule has 0 N–H and O–H groups in total. The van der Waals surface area contributed by atoms with Crippen LogP contribution in [0.1, 0.15) is 119 Å². The van der Waals surface area contributed by atoms with E-state index in [-0.39, 0.29) is 34.1 Å². The van der Waals surface area contributed by atoms with E-state index in [0.717, 1.165) is 24.1 Å². The Bertz CT molecular complexity index is 2180. The predicted molar refractivity (Wildman–Crippen MR) is 194 cm³/mol. The topological polar surface area (TPSA) is 80.8 Å². The number of rotatable bonds is 9. The monoisotopic (exact) mass is 763 g/mol. The minimum atomic E-state index is -6.06. The Labute approximate surface area is 314 Å². The fraction of sp³-hybridized carbons (Fsp3) is 0.349. The number of hydrogen-bond acceptors (Lipinski definition) is 5. The molecular weight excluding hydrogens is 724 g/mol. The Morgan fingerprint density at radius 1 is 0.582 bits per heavy atom. The number of ketones is 2. The molecule has 4 aromatic carbocycles. The normalized spacial score (nSPS) is 16.5. The highest BCUT2D eigenvalue weighted by Crippen LogP contribution is 2.57. The number of nitrogens with zero attached hydrogens (tertiary/aromatic N) is 1. The van der Waals surface area contributed by atoms with Gasteiger partial charge in [-0.3, -0.25) is 19.2 Å². The molecule has 2 amide bonds. The first-order valence-electron chi connectivity index (χ1n) is 17.8. The molecule has 0 saturated carbocycles. The molecule has 1 atom stereocenters. The van der Waals surface area contributed by atoms with Crippen LogP contribution in [-0.4, -0.2) is 35.7 Å². The maximum Gasteiger partial charge on any atom is 0.411 e. The number of imide groups is 1. The van der Waals surface area contributed by atoms with Crippen LogP contribution in [0.4, 0.5) is 32.0 Å². The number of alkyl halides is 6. The van der Waals surface area contributed by atoms with E-state index in [0.29, 0.717) is 47.1 Å². The summed E-state index contributed by atoms with van der Waals surface area (Å²) in [6.45, 7) is 11.9. The summed E-state index contributed by atoms with van der Waals surface area (Å²) < 4.78 is 97.1. The van der Waals surface area contributed by atoms with Crippen molar-refractivity contribution in [2.45, 2.75) is 84.0 Å². The molecule has 1 aliphatic heterocycles. The van der Waals surface area contributed by atoms with Crippen molar-refractivity contribution in [3.63, 3.8) is 0 Å². The van der Waals surface area contributed by atoms with Crippen molar-refractivity contribution in [2.75, 3.05) is 4.90 Å². The van der Waals surface area contributed by atoms with E-state index in [2.05, 4.69) is 20.8 Å². The van der Waals surface area contributed by atoms with Gasteiger partial charge in [0.2, 0.25) is 5.41 Å². The fourth-order valence-corrected chi connectivity index (χ4v) is 7.20. The number of halogens is 6. The third-order valence-corrected chi connectivity index (χ3v) is 10.8. The average Bonchev–Trinajstić information content (AvgIpc) is 3.49. The van der Waals surface area contributed by atoms with Gasteiger partial charge in [0.1, 0.15) is 11.5 Å². The zero-order valence-electron chi connectivity index (χ0n) is 31.0. The van der Waals surface area contributed by atoms with Crippen LogP contribution in [0, 0.1) is 11.3 Å². The van der Waals surface area contributed by atoms with Gasteiger partial charge in [0, 0.05) is 11.1 Å². The van der Waals surface area contributed by atoms with Crippen molar-refractivity contribution in [3.8, 4) is 11.5 Å². The van der Waals surface area contributed by atoms with Crippen LogP contribution in [0.2, 0.25) is 0 Å². The molecule has 6 nitrogen and oxygen atoms in total. The number of hydrogen-bond donors (Lipinski definition) is 0. The van der Waals surface area contributed by atoms with Crippen LogP contribution < -0.4 is 9.64 Å². The fourth-order valence-electron chi connectivity index (χ4n) is 7.20. The van der Waals surface area contributed by atoms with Crippen molar-refractivity contribution < 1.29 is 50.3 Å². The smallest absolute Gasteiger partial charge is 0.411 e. The van der Waals surface area contributed by atoms with E-state index in [9.17, 15) is 19.2 Å². The van der Waals surface area contributed by atoms with Crippen LogP contribution in [0.15, 0.2) is 84.9 Å². The molecule has 0 bridgehead atoms. The van der Waals surface area contributed by atoms with Gasteiger partial charge in [-0.25, -0.2) is 4.90 Å². The number of fused-ring (bicyclic) bond motifs is 2. The summed E-state index contributed by atoms with van der Waals surface area (Å²) in [5.74, 6) is -3.93. The van der Waals surface area contributed by atoms with Crippen LogP contribution in [-0.2, 0) is 10.8 Å². The molecular formula is C43H39F6NO5. The molecule has 0 saturated heterocycles. The second-order valence-corrected chi connectivity index (χ2v) is 16.0. The van der Waals surface area contributed by atoms with Gasteiger partial charge in [-0.05, 0) is 101 Å². The molecule has 4 aromatic rings. The number of Topliss-reactive ketones (excluding diaryl/α,β-unsaturated/α-hetero) is 2. The summed E-state index contributed by atoms with van der Waals surface area (Å²) in [5.41, 5.74) is -8.49. The Morgan fingerprint density at radius 3 is 1.55 bits per heavy atom. The first-order valence-corrected chi connectivity index (χ1v) is 17.8. The van der Waals surface area contributed by atoms with Gasteiger partial charge < -0.3 is 4.74 Å². The van der Waals surface area contributed by atoms with E-state index >= 15 is 26.3 Å². The van der Waals surface area contributed by atoms with Crippen molar-refractivity contribution >= 4 is 29.1 Å². The molecule has 288 valence electrons. The lowest BCUT2D eigenvalue weighted by Gasteiger charge is -2.38. The van der Waals surface area contributed by atoms with E-state index in [4.69, 9.17) is 4.74 Å². The molecule has 1 heterocycles. The molecule has 0 spiro atoms. The highest BCUT2D eigenvalue weighted by molar-refractivity contribution is 6.34. The molecule has 2 aliphatic rings. The standard InChI is InChI=1S/C43H39F6NO5/c1-7-40(5,6)24-8-14-28(15-9-24)55-29-16-12-27(13-17-29)50-37(53)31-19-11-26(23-34(31)38(50)54)41(42(44,45)46,43(47,48)49)25-10-18-30-33(22-25)36(52)32(35(30)51)20-21-39(2,3)4/h8-19,22-23,32H,7,20-21H2,1-6H3/t32-/m1/s1. The predicted octanol–water partition coefficient (Wildman–Crippen LogP) is 11.2. The summed E-state index contributed by atoms with van der Waals surface area (Å²) >= 11 is 0. The lowest BCUT2D eigenvalue weighted by Crippen LogP contribution is -2.55. The van der Waals surface area contributed by atoms with Gasteiger partial charge in [-0.15, -0.1) is 0 Å². The maximum absolute atomic E-state index is 15.2. The molecule has 6 rings (SSSR count). The summed E-state index contributed by atoms with van der Waals surface area (Å²) in [5, 5.41) is 0. The number of anilines is 1.